The Morgan fingerprint density at radius 3 is 2.81 bits per heavy atom. The zero-order valence-corrected chi connectivity index (χ0v) is 14.9. The molecule has 0 radical (unpaired) electrons. The van der Waals surface area contributed by atoms with Crippen LogP contribution in [0, 0.1) is 5.92 Å². The van der Waals surface area contributed by atoms with Gasteiger partial charge in [-0.15, -0.1) is 0 Å². The highest BCUT2D eigenvalue weighted by Crippen LogP contribution is 2.31. The van der Waals surface area contributed by atoms with Crippen LogP contribution in [0.15, 0.2) is 22.9 Å². The predicted octanol–water partition coefficient (Wildman–Crippen LogP) is 4.02. The van der Waals surface area contributed by atoms with Crippen molar-refractivity contribution in [3.8, 4) is 11.4 Å². The third kappa shape index (κ3) is 5.03. The zero-order chi connectivity index (χ0) is 18.4. The lowest BCUT2D eigenvalue weighted by atomic mass is 9.84. The number of carboxylic acid groups (broad SMARTS) is 1. The summed E-state index contributed by atoms with van der Waals surface area (Å²) < 4.78 is 5.37. The molecule has 2 aromatic heterocycles. The Morgan fingerprint density at radius 2 is 2.12 bits per heavy atom. The van der Waals surface area contributed by atoms with Gasteiger partial charge in [0.05, 0.1) is 6.42 Å². The fourth-order valence-corrected chi connectivity index (χ4v) is 3.71. The maximum absolute atomic E-state index is 11.2. The Morgan fingerprint density at radius 1 is 1.31 bits per heavy atom. The van der Waals surface area contributed by atoms with Gasteiger partial charge in [0.2, 0.25) is 11.7 Å². The van der Waals surface area contributed by atoms with Crippen molar-refractivity contribution >= 4 is 11.8 Å². The van der Waals surface area contributed by atoms with E-state index in [0.717, 1.165) is 25.2 Å². The molecule has 0 amide bonds. The molecule has 1 aliphatic rings. The van der Waals surface area contributed by atoms with Gasteiger partial charge in [0, 0.05) is 17.7 Å². The first-order chi connectivity index (χ1) is 12.6. The number of aliphatic carboxylic acids is 1. The maximum Gasteiger partial charge on any atom is 0.304 e. The first-order valence-corrected chi connectivity index (χ1v) is 9.39. The molecule has 0 aromatic carbocycles. The van der Waals surface area contributed by atoms with E-state index in [1.165, 1.54) is 32.1 Å². The standard InChI is InChI=1S/C19H26N4O3/c20-16-10-9-15(12-21-16)18-22-19(26-23-18)14(11-17(24)25)8-4-7-13-5-2-1-3-6-13/h9-10,12-14H,1-8,11H2,(H2,20,21)(H,24,25)/t14-/m1/s1. The Labute approximate surface area is 153 Å². The van der Waals surface area contributed by atoms with Crippen LogP contribution in [0.5, 0.6) is 0 Å². The lowest BCUT2D eigenvalue weighted by molar-refractivity contribution is -0.137. The molecule has 7 heteroatoms. The molecule has 0 unspecified atom stereocenters. The van der Waals surface area contributed by atoms with Crippen molar-refractivity contribution < 1.29 is 14.4 Å². The van der Waals surface area contributed by atoms with Gasteiger partial charge in [-0.1, -0.05) is 50.1 Å². The fourth-order valence-electron chi connectivity index (χ4n) is 3.71. The first kappa shape index (κ1) is 18.4. The van der Waals surface area contributed by atoms with E-state index in [0.29, 0.717) is 23.1 Å². The summed E-state index contributed by atoms with van der Waals surface area (Å²) in [5, 5.41) is 13.2. The van der Waals surface area contributed by atoms with Crippen molar-refractivity contribution in [1.29, 1.82) is 0 Å². The van der Waals surface area contributed by atoms with Gasteiger partial charge in [0.25, 0.3) is 0 Å². The van der Waals surface area contributed by atoms with Crippen LogP contribution >= 0.6 is 0 Å². The summed E-state index contributed by atoms with van der Waals surface area (Å²) in [5.74, 6) is 0.913. The quantitative estimate of drug-likeness (QED) is 0.732. The van der Waals surface area contributed by atoms with Gasteiger partial charge >= 0.3 is 5.97 Å². The van der Waals surface area contributed by atoms with Crippen molar-refractivity contribution in [2.45, 2.75) is 63.7 Å². The van der Waals surface area contributed by atoms with Gasteiger partial charge in [0.15, 0.2) is 0 Å². The third-order valence-electron chi connectivity index (χ3n) is 5.15. The van der Waals surface area contributed by atoms with Crippen molar-refractivity contribution in [2.24, 2.45) is 5.92 Å². The molecular weight excluding hydrogens is 332 g/mol. The second-order valence-electron chi connectivity index (χ2n) is 7.16. The van der Waals surface area contributed by atoms with Crippen LogP contribution in [0.3, 0.4) is 0 Å². The average Bonchev–Trinajstić information content (AvgIpc) is 3.12. The van der Waals surface area contributed by atoms with Crippen LogP contribution in [-0.4, -0.2) is 26.2 Å². The number of hydrogen-bond acceptors (Lipinski definition) is 6. The van der Waals surface area contributed by atoms with Gasteiger partial charge in [-0.2, -0.15) is 4.98 Å². The number of carbonyl (C=O) groups is 1. The van der Waals surface area contributed by atoms with Crippen molar-refractivity contribution in [2.75, 3.05) is 5.73 Å². The molecule has 3 N–H and O–H groups in total. The molecular formula is C19H26N4O3. The molecule has 0 saturated heterocycles. The Balaban J connectivity index is 1.63. The van der Waals surface area contributed by atoms with E-state index in [-0.39, 0.29) is 12.3 Å². The summed E-state index contributed by atoms with van der Waals surface area (Å²) in [6.07, 6.45) is 11.1. The Kier molecular flexibility index (Phi) is 6.20. The number of aromatic nitrogens is 3. The molecule has 140 valence electrons. The molecule has 1 atom stereocenters. The Hall–Kier alpha value is -2.44. The van der Waals surface area contributed by atoms with Gasteiger partial charge < -0.3 is 15.4 Å². The van der Waals surface area contributed by atoms with Gasteiger partial charge in [0.1, 0.15) is 5.82 Å². The molecule has 3 rings (SSSR count). The van der Waals surface area contributed by atoms with E-state index in [9.17, 15) is 9.90 Å². The second kappa shape index (κ2) is 8.78. The molecule has 26 heavy (non-hydrogen) atoms. The molecule has 1 aliphatic carbocycles. The summed E-state index contributed by atoms with van der Waals surface area (Å²) in [6, 6.07) is 3.44. The van der Waals surface area contributed by atoms with Crippen LogP contribution in [-0.2, 0) is 4.79 Å². The largest absolute Gasteiger partial charge is 0.481 e. The van der Waals surface area contributed by atoms with E-state index < -0.39 is 5.97 Å². The summed E-state index contributed by atoms with van der Waals surface area (Å²) >= 11 is 0. The highest BCUT2D eigenvalue weighted by molar-refractivity contribution is 5.67. The van der Waals surface area contributed by atoms with E-state index in [1.54, 1.807) is 18.3 Å². The Bertz CT molecular complexity index is 708. The SMILES string of the molecule is Nc1ccc(-c2noc([C@H](CCCC3CCCCC3)CC(=O)O)n2)cn1. The summed E-state index contributed by atoms with van der Waals surface area (Å²) in [6.45, 7) is 0. The van der Waals surface area contributed by atoms with Crippen molar-refractivity contribution in [3.63, 3.8) is 0 Å². The molecule has 1 fully saturated rings. The van der Waals surface area contributed by atoms with Gasteiger partial charge in [-0.05, 0) is 24.5 Å². The topological polar surface area (TPSA) is 115 Å². The van der Waals surface area contributed by atoms with Crippen LogP contribution in [0.1, 0.15) is 69.6 Å². The smallest absolute Gasteiger partial charge is 0.304 e. The molecule has 0 spiro atoms. The number of anilines is 1. The van der Waals surface area contributed by atoms with Crippen molar-refractivity contribution in [1.82, 2.24) is 15.1 Å². The van der Waals surface area contributed by atoms with E-state index in [2.05, 4.69) is 15.1 Å². The lowest BCUT2D eigenvalue weighted by Crippen LogP contribution is -2.10. The number of hydrogen-bond donors (Lipinski definition) is 2. The summed E-state index contributed by atoms with van der Waals surface area (Å²) in [4.78, 5) is 19.7. The molecule has 0 bridgehead atoms. The second-order valence-corrected chi connectivity index (χ2v) is 7.16. The highest BCUT2D eigenvalue weighted by Gasteiger charge is 2.23. The van der Waals surface area contributed by atoms with E-state index >= 15 is 0 Å². The minimum absolute atomic E-state index is 0.00624. The highest BCUT2D eigenvalue weighted by atomic mass is 16.5. The molecule has 7 nitrogen and oxygen atoms in total. The van der Waals surface area contributed by atoms with Gasteiger partial charge in [-0.3, -0.25) is 4.79 Å². The normalized spacial score (nSPS) is 16.5. The first-order valence-electron chi connectivity index (χ1n) is 9.39. The average molecular weight is 358 g/mol. The van der Waals surface area contributed by atoms with E-state index in [1.807, 2.05) is 0 Å². The van der Waals surface area contributed by atoms with Crippen LogP contribution in [0.25, 0.3) is 11.4 Å². The zero-order valence-electron chi connectivity index (χ0n) is 14.9. The predicted molar refractivity (Wildman–Crippen MR) is 97.4 cm³/mol. The number of nitrogens with zero attached hydrogens (tertiary/aromatic N) is 3. The van der Waals surface area contributed by atoms with Crippen molar-refractivity contribution in [3.05, 3.63) is 24.2 Å². The number of nitrogens with two attached hydrogens (primary N) is 1. The van der Waals surface area contributed by atoms with Crippen LogP contribution in [0.2, 0.25) is 0 Å². The minimum atomic E-state index is -0.846. The van der Waals surface area contributed by atoms with E-state index in [4.69, 9.17) is 10.3 Å². The van der Waals surface area contributed by atoms with Gasteiger partial charge in [-0.25, -0.2) is 4.98 Å². The van der Waals surface area contributed by atoms with Crippen LogP contribution in [0.4, 0.5) is 5.82 Å². The fraction of sp³-hybridized carbons (Fsp3) is 0.579. The minimum Gasteiger partial charge on any atom is -0.481 e. The molecule has 2 aromatic rings. The number of nitrogen functional groups attached to an aromatic ring is 1. The third-order valence-corrected chi connectivity index (χ3v) is 5.15. The number of rotatable bonds is 8. The molecule has 1 saturated carbocycles. The van der Waals surface area contributed by atoms with Crippen LogP contribution < -0.4 is 5.73 Å². The number of pyridine rings is 1. The molecule has 0 aliphatic heterocycles. The summed E-state index contributed by atoms with van der Waals surface area (Å²) in [7, 11) is 0. The maximum atomic E-state index is 11.2. The monoisotopic (exact) mass is 358 g/mol. The number of carboxylic acids is 1. The lowest BCUT2D eigenvalue weighted by Gasteiger charge is -2.21. The molecule has 2 heterocycles. The summed E-state index contributed by atoms with van der Waals surface area (Å²) in [5.41, 5.74) is 6.29.